The maximum absolute atomic E-state index is 11.1. The van der Waals surface area contributed by atoms with Crippen molar-refractivity contribution in [3.8, 4) is 0 Å². The summed E-state index contributed by atoms with van der Waals surface area (Å²) in [5.41, 5.74) is 0. The van der Waals surface area contributed by atoms with Crippen LogP contribution in [0.1, 0.15) is 25.7 Å². The number of carboxylic acids is 1. The molecule has 2 aliphatic rings. The lowest BCUT2D eigenvalue weighted by molar-refractivity contribution is -0.137. The Morgan fingerprint density at radius 1 is 1.38 bits per heavy atom. The highest BCUT2D eigenvalue weighted by Gasteiger charge is 2.42. The van der Waals surface area contributed by atoms with Gasteiger partial charge in [-0.3, -0.25) is 9.52 Å². The number of sulfonamides is 1. The number of carboxylic acid groups (broad SMARTS) is 1. The molecule has 0 aromatic heterocycles. The van der Waals surface area contributed by atoms with Gasteiger partial charge in [-0.25, -0.2) is 13.2 Å². The number of thioether (sulfide) groups is 1. The lowest BCUT2D eigenvalue weighted by atomic mass is 10.0. The first kappa shape index (κ1) is 20.4. The standard InChI is InChI=1S/C10H16N2O3S.C4H7NO2S/c13-8(14)4-2-1-3-7-9-6(5-16-7)11-10(15)12-9;1-3-5-8(6,7)4-2/h6-7,9H,1-5H2,(H,13,14)(H2,11,12,15);3-5H,1-2H2/t6-,7-,9-;/m0./s1. The van der Waals surface area contributed by atoms with E-state index in [4.69, 9.17) is 5.11 Å². The van der Waals surface area contributed by atoms with Gasteiger partial charge < -0.3 is 15.7 Å². The van der Waals surface area contributed by atoms with Gasteiger partial charge in [0.25, 0.3) is 10.0 Å². The molecule has 0 bridgehead atoms. The van der Waals surface area contributed by atoms with E-state index in [-0.39, 0.29) is 24.5 Å². The zero-order chi connectivity index (χ0) is 18.2. The van der Waals surface area contributed by atoms with Gasteiger partial charge in [-0.05, 0) is 12.8 Å². The predicted molar refractivity (Wildman–Crippen MR) is 94.0 cm³/mol. The van der Waals surface area contributed by atoms with Crippen LogP contribution in [0.4, 0.5) is 4.79 Å². The number of nitrogens with one attached hydrogen (secondary N) is 3. The van der Waals surface area contributed by atoms with Gasteiger partial charge in [0.05, 0.1) is 12.1 Å². The summed E-state index contributed by atoms with van der Waals surface area (Å²) >= 11 is 1.87. The number of amides is 2. The topological polar surface area (TPSA) is 125 Å². The molecule has 0 unspecified atom stereocenters. The minimum Gasteiger partial charge on any atom is -0.481 e. The number of hydrogen-bond acceptors (Lipinski definition) is 5. The summed E-state index contributed by atoms with van der Waals surface area (Å²) in [6.07, 6.45) is 3.96. The van der Waals surface area contributed by atoms with Gasteiger partial charge in [0.15, 0.2) is 0 Å². The van der Waals surface area contributed by atoms with Crippen molar-refractivity contribution < 1.29 is 23.1 Å². The normalized spacial score (nSPS) is 24.7. The molecule has 2 saturated heterocycles. The molecular weight excluding hydrogens is 354 g/mol. The third kappa shape index (κ3) is 6.83. The maximum atomic E-state index is 11.1. The first-order chi connectivity index (χ1) is 11.3. The van der Waals surface area contributed by atoms with Crippen LogP contribution in [0.5, 0.6) is 0 Å². The molecule has 2 fully saturated rings. The Morgan fingerprint density at radius 3 is 2.62 bits per heavy atom. The Hall–Kier alpha value is -1.68. The minimum absolute atomic E-state index is 0.0640. The predicted octanol–water partition coefficient (Wildman–Crippen LogP) is 0.990. The fourth-order valence-corrected chi connectivity index (χ4v) is 4.30. The second kappa shape index (κ2) is 9.58. The Balaban J connectivity index is 0.000000307. The molecule has 0 saturated carbocycles. The zero-order valence-corrected chi connectivity index (χ0v) is 14.9. The van der Waals surface area contributed by atoms with Gasteiger partial charge in [0.2, 0.25) is 0 Å². The molecule has 2 rings (SSSR count). The van der Waals surface area contributed by atoms with Crippen molar-refractivity contribution in [3.05, 3.63) is 24.8 Å². The SMILES string of the molecule is C=CNS(=O)(=O)C=C.O=C(O)CCCC[C@@H]1SC[C@@H]2NC(=O)N[C@@H]21. The van der Waals surface area contributed by atoms with Gasteiger partial charge in [0.1, 0.15) is 0 Å². The summed E-state index contributed by atoms with van der Waals surface area (Å²) < 4.78 is 22.6. The minimum atomic E-state index is -3.27. The van der Waals surface area contributed by atoms with Crippen LogP contribution in [0.3, 0.4) is 0 Å². The van der Waals surface area contributed by atoms with Crippen LogP contribution in [-0.2, 0) is 14.8 Å². The lowest BCUT2D eigenvalue weighted by Crippen LogP contribution is -2.36. The van der Waals surface area contributed by atoms with E-state index < -0.39 is 16.0 Å². The fourth-order valence-electron chi connectivity index (χ4n) is 2.43. The summed E-state index contributed by atoms with van der Waals surface area (Å²) in [6, 6.07) is 0.440. The second-order valence-electron chi connectivity index (χ2n) is 5.30. The molecule has 2 amide bonds. The van der Waals surface area contributed by atoms with E-state index in [0.29, 0.717) is 5.25 Å². The Labute approximate surface area is 146 Å². The highest BCUT2D eigenvalue weighted by molar-refractivity contribution is 8.00. The first-order valence-corrected chi connectivity index (χ1v) is 10.0. The largest absolute Gasteiger partial charge is 0.481 e. The molecule has 4 N–H and O–H groups in total. The van der Waals surface area contributed by atoms with Crippen LogP contribution in [0.25, 0.3) is 0 Å². The van der Waals surface area contributed by atoms with Crippen molar-refractivity contribution in [1.82, 2.24) is 15.4 Å². The highest BCUT2D eigenvalue weighted by atomic mass is 32.2. The van der Waals surface area contributed by atoms with Crippen molar-refractivity contribution in [3.63, 3.8) is 0 Å². The van der Waals surface area contributed by atoms with Crippen molar-refractivity contribution in [2.24, 2.45) is 0 Å². The summed E-state index contributed by atoms with van der Waals surface area (Å²) in [6.45, 7) is 6.21. The lowest BCUT2D eigenvalue weighted by Gasteiger charge is -2.16. The summed E-state index contributed by atoms with van der Waals surface area (Å²) in [4.78, 5) is 21.5. The third-order valence-electron chi connectivity index (χ3n) is 3.53. The number of carbonyl (C=O) groups excluding carboxylic acids is 1. The van der Waals surface area contributed by atoms with E-state index >= 15 is 0 Å². The van der Waals surface area contributed by atoms with Crippen LogP contribution in [0.2, 0.25) is 0 Å². The molecule has 0 radical (unpaired) electrons. The molecule has 0 aromatic rings. The molecule has 3 atom stereocenters. The Bertz CT molecular complexity index is 579. The maximum Gasteiger partial charge on any atom is 0.315 e. The third-order valence-corrected chi connectivity index (χ3v) is 5.98. The van der Waals surface area contributed by atoms with Gasteiger partial charge in [0, 0.05) is 29.0 Å². The monoisotopic (exact) mass is 377 g/mol. The van der Waals surface area contributed by atoms with E-state index in [1.54, 1.807) is 0 Å². The van der Waals surface area contributed by atoms with Crippen molar-refractivity contribution in [2.45, 2.75) is 43.0 Å². The van der Waals surface area contributed by atoms with Gasteiger partial charge >= 0.3 is 12.0 Å². The number of urea groups is 1. The molecule has 2 heterocycles. The summed E-state index contributed by atoms with van der Waals surface area (Å²) in [5.74, 6) is 0.236. The van der Waals surface area contributed by atoms with Crippen LogP contribution in [-0.4, -0.2) is 48.6 Å². The van der Waals surface area contributed by atoms with Crippen LogP contribution in [0.15, 0.2) is 24.8 Å². The quantitative estimate of drug-likeness (QED) is 0.369. The first-order valence-electron chi connectivity index (χ1n) is 7.45. The smallest absolute Gasteiger partial charge is 0.315 e. The molecule has 24 heavy (non-hydrogen) atoms. The molecule has 136 valence electrons. The van der Waals surface area contributed by atoms with Crippen molar-refractivity contribution in [1.29, 1.82) is 0 Å². The summed E-state index contributed by atoms with van der Waals surface area (Å²) in [5, 5.41) is 15.6. The van der Waals surface area contributed by atoms with E-state index in [2.05, 4.69) is 23.8 Å². The number of unbranched alkanes of at least 4 members (excludes halogenated alkanes) is 1. The van der Waals surface area contributed by atoms with E-state index in [9.17, 15) is 18.0 Å². The number of carbonyl (C=O) groups is 2. The highest BCUT2D eigenvalue weighted by Crippen LogP contribution is 2.33. The van der Waals surface area contributed by atoms with E-state index in [0.717, 1.165) is 36.6 Å². The van der Waals surface area contributed by atoms with E-state index in [1.165, 1.54) is 0 Å². The zero-order valence-electron chi connectivity index (χ0n) is 13.2. The van der Waals surface area contributed by atoms with E-state index in [1.807, 2.05) is 16.5 Å². The summed E-state index contributed by atoms with van der Waals surface area (Å²) in [7, 11) is -3.27. The Morgan fingerprint density at radius 2 is 2.08 bits per heavy atom. The molecule has 2 aliphatic heterocycles. The van der Waals surface area contributed by atoms with Gasteiger partial charge in [-0.2, -0.15) is 11.8 Å². The number of hydrogen-bond donors (Lipinski definition) is 4. The molecule has 8 nitrogen and oxygen atoms in total. The van der Waals surface area contributed by atoms with Crippen molar-refractivity contribution >= 4 is 33.8 Å². The van der Waals surface area contributed by atoms with Crippen LogP contribution in [0, 0.1) is 0 Å². The van der Waals surface area contributed by atoms with Gasteiger partial charge in [-0.1, -0.05) is 19.6 Å². The fraction of sp³-hybridized carbons (Fsp3) is 0.571. The van der Waals surface area contributed by atoms with Gasteiger partial charge in [-0.15, -0.1) is 0 Å². The second-order valence-corrected chi connectivity index (χ2v) is 8.23. The number of fused-ring (bicyclic) bond motifs is 1. The van der Waals surface area contributed by atoms with Crippen LogP contribution >= 0.6 is 11.8 Å². The molecule has 0 spiro atoms. The molecule has 0 aliphatic carbocycles. The average Bonchev–Trinajstić information content (AvgIpc) is 3.04. The van der Waals surface area contributed by atoms with Crippen molar-refractivity contribution in [2.75, 3.05) is 5.75 Å². The average molecular weight is 377 g/mol. The molecule has 0 aromatic carbocycles. The number of rotatable bonds is 8. The molecule has 10 heteroatoms. The molecular formula is C14H23N3O5S2. The van der Waals surface area contributed by atoms with Crippen LogP contribution < -0.4 is 15.4 Å². The Kier molecular flexibility index (Phi) is 8.13. The number of aliphatic carboxylic acids is 1.